The van der Waals surface area contributed by atoms with Crippen LogP contribution in [0.5, 0.6) is 5.75 Å². The van der Waals surface area contributed by atoms with Crippen molar-refractivity contribution in [3.8, 4) is 5.75 Å². The van der Waals surface area contributed by atoms with E-state index in [9.17, 15) is 4.79 Å². The zero-order valence-electron chi connectivity index (χ0n) is 17.0. The molecule has 0 radical (unpaired) electrons. The molecule has 30 heavy (non-hydrogen) atoms. The van der Waals surface area contributed by atoms with Gasteiger partial charge in [-0.15, -0.1) is 0 Å². The Bertz CT molecular complexity index is 1110. The van der Waals surface area contributed by atoms with Crippen molar-refractivity contribution in [1.82, 2.24) is 10.3 Å². The minimum Gasteiger partial charge on any atom is -0.497 e. The van der Waals surface area contributed by atoms with Crippen LogP contribution < -0.4 is 15.4 Å². The number of anilines is 1. The number of aryl methyl sites for hydroxylation is 1. The van der Waals surface area contributed by atoms with E-state index in [1.807, 2.05) is 31.2 Å². The maximum atomic E-state index is 12.6. The van der Waals surface area contributed by atoms with Gasteiger partial charge in [-0.05, 0) is 80.8 Å². The number of amides is 1. The van der Waals surface area contributed by atoms with Gasteiger partial charge in [0.2, 0.25) is 0 Å². The van der Waals surface area contributed by atoms with E-state index in [-0.39, 0.29) is 11.9 Å². The van der Waals surface area contributed by atoms with E-state index in [2.05, 4.69) is 21.7 Å². The molecule has 2 aromatic carbocycles. The molecule has 0 spiro atoms. The number of methoxy groups -OCH3 is 1. The van der Waals surface area contributed by atoms with Crippen LogP contribution in [-0.4, -0.2) is 24.0 Å². The SMILES string of the molecule is COc1ccc(C(=O)NC2=C[C@@H](Nc3cc(C)nc4ccc(Cl)cc34)CCC2)cc1. The molecule has 1 aliphatic rings. The summed E-state index contributed by atoms with van der Waals surface area (Å²) in [5.74, 6) is 0.620. The van der Waals surface area contributed by atoms with Gasteiger partial charge in [-0.25, -0.2) is 0 Å². The second kappa shape index (κ2) is 8.76. The summed E-state index contributed by atoms with van der Waals surface area (Å²) in [6.45, 7) is 1.98. The largest absolute Gasteiger partial charge is 0.497 e. The number of pyridine rings is 1. The summed E-state index contributed by atoms with van der Waals surface area (Å²) in [7, 11) is 1.61. The third-order valence-corrected chi connectivity index (χ3v) is 5.46. The summed E-state index contributed by atoms with van der Waals surface area (Å²) in [6.07, 6.45) is 4.94. The molecule has 1 atom stereocenters. The highest BCUT2D eigenvalue weighted by atomic mass is 35.5. The van der Waals surface area contributed by atoms with Crippen LogP contribution in [0.2, 0.25) is 5.02 Å². The van der Waals surface area contributed by atoms with Gasteiger partial charge in [0.15, 0.2) is 0 Å². The molecule has 0 saturated heterocycles. The number of carbonyl (C=O) groups is 1. The number of halogens is 1. The lowest BCUT2D eigenvalue weighted by Gasteiger charge is -2.24. The highest BCUT2D eigenvalue weighted by molar-refractivity contribution is 6.31. The fraction of sp³-hybridized carbons (Fsp3) is 0.250. The quantitative estimate of drug-likeness (QED) is 0.572. The number of nitrogens with one attached hydrogen (secondary N) is 2. The van der Waals surface area contributed by atoms with Gasteiger partial charge in [0, 0.05) is 39.1 Å². The van der Waals surface area contributed by atoms with Crippen molar-refractivity contribution in [2.75, 3.05) is 12.4 Å². The minimum absolute atomic E-state index is 0.110. The van der Waals surface area contributed by atoms with E-state index in [1.54, 1.807) is 31.4 Å². The molecule has 1 amide bonds. The Morgan fingerprint density at radius 3 is 2.73 bits per heavy atom. The van der Waals surface area contributed by atoms with Crippen molar-refractivity contribution in [2.24, 2.45) is 0 Å². The van der Waals surface area contributed by atoms with Gasteiger partial charge in [0.25, 0.3) is 5.91 Å². The predicted octanol–water partition coefficient (Wildman–Crippen LogP) is 5.48. The lowest BCUT2D eigenvalue weighted by atomic mass is 9.99. The predicted molar refractivity (Wildman–Crippen MR) is 121 cm³/mol. The van der Waals surface area contributed by atoms with E-state index < -0.39 is 0 Å². The van der Waals surface area contributed by atoms with Crippen LogP contribution in [0.1, 0.15) is 35.3 Å². The second-order valence-electron chi connectivity index (χ2n) is 7.49. The van der Waals surface area contributed by atoms with Crippen molar-refractivity contribution in [3.63, 3.8) is 0 Å². The van der Waals surface area contributed by atoms with E-state index in [4.69, 9.17) is 16.3 Å². The number of aromatic nitrogens is 1. The zero-order chi connectivity index (χ0) is 21.1. The second-order valence-corrected chi connectivity index (χ2v) is 7.93. The number of allylic oxidation sites excluding steroid dienone is 1. The molecule has 2 N–H and O–H groups in total. The highest BCUT2D eigenvalue weighted by Crippen LogP contribution is 2.29. The Hall–Kier alpha value is -3.05. The van der Waals surface area contributed by atoms with Crippen LogP contribution in [0.15, 0.2) is 60.3 Å². The maximum Gasteiger partial charge on any atom is 0.255 e. The van der Waals surface area contributed by atoms with Crippen LogP contribution in [-0.2, 0) is 0 Å². The number of fused-ring (bicyclic) bond motifs is 1. The number of carbonyl (C=O) groups excluding carboxylic acids is 1. The summed E-state index contributed by atoms with van der Waals surface area (Å²) < 4.78 is 5.15. The van der Waals surface area contributed by atoms with Crippen LogP contribution in [0.25, 0.3) is 10.9 Å². The number of hydrogen-bond acceptors (Lipinski definition) is 4. The van der Waals surface area contributed by atoms with Crippen LogP contribution >= 0.6 is 11.6 Å². The van der Waals surface area contributed by atoms with E-state index >= 15 is 0 Å². The standard InChI is InChI=1S/C24H24ClN3O2/c1-15-12-23(21-13-17(25)8-11-22(21)26-15)27-18-4-3-5-19(14-18)28-24(29)16-6-9-20(30-2)10-7-16/h6-14,18H,3-5H2,1-2H3,(H,26,27)(H,28,29)/t18-/m0/s1. The lowest BCUT2D eigenvalue weighted by molar-refractivity contribution is 0.0964. The fourth-order valence-corrected chi connectivity index (χ4v) is 3.92. The first-order valence-corrected chi connectivity index (χ1v) is 10.4. The van der Waals surface area contributed by atoms with Crippen molar-refractivity contribution in [2.45, 2.75) is 32.2 Å². The average Bonchev–Trinajstić information content (AvgIpc) is 2.74. The summed E-state index contributed by atoms with van der Waals surface area (Å²) in [6, 6.07) is 15.0. The Balaban J connectivity index is 1.52. The van der Waals surface area contributed by atoms with Crippen molar-refractivity contribution in [3.05, 3.63) is 76.6 Å². The van der Waals surface area contributed by atoms with E-state index in [0.29, 0.717) is 10.6 Å². The zero-order valence-corrected chi connectivity index (χ0v) is 17.8. The number of benzene rings is 2. The van der Waals surface area contributed by atoms with Gasteiger partial charge in [-0.3, -0.25) is 9.78 Å². The molecule has 154 valence electrons. The molecule has 1 aliphatic carbocycles. The topological polar surface area (TPSA) is 63.2 Å². The van der Waals surface area contributed by atoms with Gasteiger partial charge in [0.05, 0.1) is 12.6 Å². The molecular formula is C24H24ClN3O2. The first kappa shape index (κ1) is 20.2. The average molecular weight is 422 g/mol. The monoisotopic (exact) mass is 421 g/mol. The highest BCUT2D eigenvalue weighted by Gasteiger charge is 2.17. The Morgan fingerprint density at radius 2 is 1.97 bits per heavy atom. The molecule has 4 rings (SSSR count). The molecule has 0 unspecified atom stereocenters. The Kier molecular flexibility index (Phi) is 5.91. The van der Waals surface area contributed by atoms with Crippen molar-refractivity contribution >= 4 is 34.1 Å². The molecule has 0 fully saturated rings. The van der Waals surface area contributed by atoms with E-state index in [1.165, 1.54) is 0 Å². The molecule has 6 heteroatoms. The van der Waals surface area contributed by atoms with Gasteiger partial charge in [0.1, 0.15) is 5.75 Å². The van der Waals surface area contributed by atoms with Crippen LogP contribution in [0.3, 0.4) is 0 Å². The van der Waals surface area contributed by atoms with Gasteiger partial charge in [-0.2, -0.15) is 0 Å². The normalized spacial score (nSPS) is 16.1. The number of hydrogen-bond donors (Lipinski definition) is 2. The number of nitrogens with zero attached hydrogens (tertiary/aromatic N) is 1. The molecule has 0 aliphatic heterocycles. The summed E-state index contributed by atoms with van der Waals surface area (Å²) in [5.41, 5.74) is 4.41. The molecule has 1 aromatic heterocycles. The fourth-order valence-electron chi connectivity index (χ4n) is 3.75. The van der Waals surface area contributed by atoms with Crippen molar-refractivity contribution < 1.29 is 9.53 Å². The molecular weight excluding hydrogens is 398 g/mol. The Morgan fingerprint density at radius 1 is 1.17 bits per heavy atom. The summed E-state index contributed by atoms with van der Waals surface area (Å²) >= 11 is 6.21. The molecule has 0 bridgehead atoms. The maximum absolute atomic E-state index is 12.6. The molecule has 1 heterocycles. The van der Waals surface area contributed by atoms with Gasteiger partial charge < -0.3 is 15.4 Å². The number of rotatable bonds is 5. The molecule has 3 aromatic rings. The molecule has 0 saturated carbocycles. The third-order valence-electron chi connectivity index (χ3n) is 5.23. The summed E-state index contributed by atoms with van der Waals surface area (Å²) in [5, 5.41) is 8.34. The molecule has 5 nitrogen and oxygen atoms in total. The van der Waals surface area contributed by atoms with Gasteiger partial charge >= 0.3 is 0 Å². The van der Waals surface area contributed by atoms with E-state index in [0.717, 1.165) is 53.0 Å². The summed E-state index contributed by atoms with van der Waals surface area (Å²) in [4.78, 5) is 17.2. The first-order valence-electron chi connectivity index (χ1n) is 10.0. The lowest BCUT2D eigenvalue weighted by Crippen LogP contribution is -2.29. The van der Waals surface area contributed by atoms with Gasteiger partial charge in [-0.1, -0.05) is 11.6 Å². The first-order chi connectivity index (χ1) is 14.5. The van der Waals surface area contributed by atoms with Crippen LogP contribution in [0.4, 0.5) is 5.69 Å². The van der Waals surface area contributed by atoms with Crippen LogP contribution in [0, 0.1) is 6.92 Å². The minimum atomic E-state index is -0.110. The Labute approximate surface area is 181 Å². The number of ether oxygens (including phenoxy) is 1. The smallest absolute Gasteiger partial charge is 0.255 e. The third kappa shape index (κ3) is 4.57. The van der Waals surface area contributed by atoms with Crippen molar-refractivity contribution in [1.29, 1.82) is 0 Å².